The first-order valence-corrected chi connectivity index (χ1v) is 14.7. The summed E-state index contributed by atoms with van der Waals surface area (Å²) in [6.45, 7) is 10.5. The van der Waals surface area contributed by atoms with Crippen molar-refractivity contribution in [2.24, 2.45) is 10.8 Å². The minimum absolute atomic E-state index is 0.0212. The second-order valence-electron chi connectivity index (χ2n) is 13.4. The Balaban J connectivity index is 1.47. The average molecular weight is 600 g/mol. The van der Waals surface area contributed by atoms with Gasteiger partial charge in [-0.05, 0) is 40.9 Å². The van der Waals surface area contributed by atoms with Crippen LogP contribution in [0.3, 0.4) is 0 Å². The van der Waals surface area contributed by atoms with E-state index >= 15 is 0 Å². The lowest BCUT2D eigenvalue weighted by Gasteiger charge is -2.34. The van der Waals surface area contributed by atoms with Crippen molar-refractivity contribution in [3.63, 3.8) is 0 Å². The van der Waals surface area contributed by atoms with Gasteiger partial charge in [0, 0.05) is 18.5 Å². The molecule has 4 heterocycles. The number of alkyl carbamates (subject to hydrolysis) is 1. The van der Waals surface area contributed by atoms with Crippen molar-refractivity contribution >= 4 is 30.1 Å². The molecule has 12 heteroatoms. The summed E-state index contributed by atoms with van der Waals surface area (Å²) in [6.07, 6.45) is 3.39. The summed E-state index contributed by atoms with van der Waals surface area (Å²) in [6, 6.07) is -0.0717. The van der Waals surface area contributed by atoms with Crippen LogP contribution < -0.4 is 14.8 Å². The van der Waals surface area contributed by atoms with Crippen LogP contribution in [0.4, 0.5) is 9.59 Å². The standard InChI is InChI=1S/C31H41N3O9/c1-30(2,3)25-26(35)34-15-19(13-22(34)27(36)39-6)43-29(38)33-14-18-12-23-24(42-17-41-23)20(21(18)16-33)8-7-9-31(4,5)10-11-40-28(37)32-25/h7-8,12,19,22,25H,9-11,13-17H2,1-6H3,(H,32,37)/b8-7-/t19-,22?,25-/m1/s1. The van der Waals surface area contributed by atoms with Gasteiger partial charge in [0.1, 0.15) is 18.2 Å². The van der Waals surface area contributed by atoms with Crippen molar-refractivity contribution in [2.45, 2.75) is 85.2 Å². The van der Waals surface area contributed by atoms with E-state index in [0.29, 0.717) is 37.4 Å². The number of nitrogens with one attached hydrogen (secondary N) is 1. The molecule has 234 valence electrons. The van der Waals surface area contributed by atoms with Crippen molar-refractivity contribution in [3.05, 3.63) is 28.8 Å². The first-order valence-electron chi connectivity index (χ1n) is 14.7. The topological polar surface area (TPSA) is 133 Å². The Hall–Kier alpha value is -3.96. The van der Waals surface area contributed by atoms with Crippen LogP contribution in [-0.4, -0.2) is 79.1 Å². The lowest BCUT2D eigenvalue weighted by molar-refractivity contribution is -0.152. The SMILES string of the molecule is COC(=O)C1C[C@@H]2CN1C(=O)[C@H](C(C)(C)C)NC(=O)OCCC(C)(C)C/C=C\c1c3c(cc4c1OCO4)CN(C3)C(=O)O2. The third-order valence-corrected chi connectivity index (χ3v) is 8.50. The van der Waals surface area contributed by atoms with Crippen LogP contribution in [0, 0.1) is 10.8 Å². The van der Waals surface area contributed by atoms with Crippen molar-refractivity contribution in [1.29, 1.82) is 0 Å². The molecular formula is C31H41N3O9. The molecule has 1 aromatic carbocycles. The van der Waals surface area contributed by atoms with Crippen molar-refractivity contribution in [1.82, 2.24) is 15.1 Å². The Kier molecular flexibility index (Phi) is 8.24. The number of carbonyl (C=O) groups excluding carboxylic acids is 4. The maximum atomic E-state index is 13.9. The zero-order valence-electron chi connectivity index (χ0n) is 25.7. The molecule has 1 aromatic rings. The molecule has 0 aliphatic carbocycles. The first-order chi connectivity index (χ1) is 20.3. The van der Waals surface area contributed by atoms with Crippen LogP contribution >= 0.6 is 0 Å². The summed E-state index contributed by atoms with van der Waals surface area (Å²) in [5, 5.41) is 2.72. The van der Waals surface area contributed by atoms with E-state index in [1.54, 1.807) is 4.90 Å². The molecule has 4 aliphatic rings. The number of amides is 3. The summed E-state index contributed by atoms with van der Waals surface area (Å²) in [4.78, 5) is 55.9. The van der Waals surface area contributed by atoms with E-state index in [-0.39, 0.29) is 31.8 Å². The zero-order valence-corrected chi connectivity index (χ0v) is 25.7. The van der Waals surface area contributed by atoms with E-state index < -0.39 is 47.7 Å². The highest BCUT2D eigenvalue weighted by molar-refractivity contribution is 5.91. The number of methoxy groups -OCH3 is 1. The highest BCUT2D eigenvalue weighted by atomic mass is 16.7. The number of ether oxygens (including phenoxy) is 5. The van der Waals surface area contributed by atoms with Gasteiger partial charge in [-0.3, -0.25) is 9.69 Å². The Labute approximate surface area is 251 Å². The molecule has 3 atom stereocenters. The first kappa shape index (κ1) is 30.5. The fraction of sp³-hybridized carbons (Fsp3) is 0.613. The van der Waals surface area contributed by atoms with Gasteiger partial charge in [0.25, 0.3) is 0 Å². The molecule has 3 amide bonds. The lowest BCUT2D eigenvalue weighted by atomic mass is 9.85. The van der Waals surface area contributed by atoms with E-state index in [2.05, 4.69) is 25.2 Å². The number of benzene rings is 1. The molecule has 1 unspecified atom stereocenters. The third-order valence-electron chi connectivity index (χ3n) is 8.50. The molecule has 1 saturated heterocycles. The number of hydrogen-bond donors (Lipinski definition) is 1. The van der Waals surface area contributed by atoms with E-state index in [9.17, 15) is 19.2 Å². The molecule has 0 spiro atoms. The maximum absolute atomic E-state index is 13.9. The predicted octanol–water partition coefficient (Wildman–Crippen LogP) is 3.98. The highest BCUT2D eigenvalue weighted by Crippen LogP contribution is 2.44. The second-order valence-corrected chi connectivity index (χ2v) is 13.4. The quantitative estimate of drug-likeness (QED) is 0.376. The molecular weight excluding hydrogens is 558 g/mol. The average Bonchev–Trinajstić information content (AvgIpc) is 3.67. The molecule has 0 aromatic heterocycles. The molecule has 4 aliphatic heterocycles. The number of esters is 1. The van der Waals surface area contributed by atoms with Gasteiger partial charge >= 0.3 is 18.2 Å². The summed E-state index contributed by atoms with van der Waals surface area (Å²) in [5.74, 6) is 0.169. The van der Waals surface area contributed by atoms with Crippen LogP contribution in [0.5, 0.6) is 11.5 Å². The number of allylic oxidation sites excluding steroid dienone is 1. The monoisotopic (exact) mass is 599 g/mol. The normalized spacial score (nSPS) is 26.4. The fourth-order valence-corrected chi connectivity index (χ4v) is 5.94. The van der Waals surface area contributed by atoms with Gasteiger partial charge in [-0.1, -0.05) is 46.8 Å². The summed E-state index contributed by atoms with van der Waals surface area (Å²) in [7, 11) is 1.24. The third kappa shape index (κ3) is 6.37. The lowest BCUT2D eigenvalue weighted by Crippen LogP contribution is -2.57. The minimum Gasteiger partial charge on any atom is -0.467 e. The molecule has 1 fully saturated rings. The predicted molar refractivity (Wildman–Crippen MR) is 154 cm³/mol. The van der Waals surface area contributed by atoms with Gasteiger partial charge in [-0.15, -0.1) is 0 Å². The van der Waals surface area contributed by atoms with Crippen LogP contribution in [0.15, 0.2) is 12.1 Å². The van der Waals surface area contributed by atoms with Crippen LogP contribution in [0.1, 0.15) is 70.6 Å². The molecule has 1 N–H and O–H groups in total. The summed E-state index contributed by atoms with van der Waals surface area (Å²) < 4.78 is 27.8. The van der Waals surface area contributed by atoms with Crippen LogP contribution in [0.25, 0.3) is 6.08 Å². The number of fused-ring (bicyclic) bond motifs is 5. The zero-order chi connectivity index (χ0) is 31.1. The largest absolute Gasteiger partial charge is 0.467 e. The Morgan fingerprint density at radius 1 is 1.12 bits per heavy atom. The van der Waals surface area contributed by atoms with Gasteiger partial charge < -0.3 is 33.9 Å². The molecule has 12 nitrogen and oxygen atoms in total. The molecule has 5 rings (SSSR count). The number of carbonyl (C=O) groups is 4. The van der Waals surface area contributed by atoms with Crippen molar-refractivity contribution < 1.29 is 42.9 Å². The van der Waals surface area contributed by atoms with E-state index in [0.717, 1.165) is 16.7 Å². The number of cyclic esters (lactones) is 1. The number of nitrogens with zero attached hydrogens (tertiary/aromatic N) is 2. The highest BCUT2D eigenvalue weighted by Gasteiger charge is 2.47. The molecule has 4 bridgehead atoms. The van der Waals surface area contributed by atoms with Gasteiger partial charge in [0.05, 0.1) is 26.8 Å². The maximum Gasteiger partial charge on any atom is 0.410 e. The van der Waals surface area contributed by atoms with E-state index in [1.165, 1.54) is 12.0 Å². The van der Waals surface area contributed by atoms with Gasteiger partial charge in [0.2, 0.25) is 12.7 Å². The summed E-state index contributed by atoms with van der Waals surface area (Å²) in [5.41, 5.74) is 1.84. The number of rotatable bonds is 1. The van der Waals surface area contributed by atoms with Crippen LogP contribution in [0.2, 0.25) is 0 Å². The van der Waals surface area contributed by atoms with Gasteiger partial charge in [0.15, 0.2) is 11.5 Å². The van der Waals surface area contributed by atoms with Crippen molar-refractivity contribution in [3.8, 4) is 11.5 Å². The van der Waals surface area contributed by atoms with Gasteiger partial charge in [-0.25, -0.2) is 14.4 Å². The Bertz CT molecular complexity index is 1330. The Morgan fingerprint density at radius 2 is 1.88 bits per heavy atom. The molecule has 43 heavy (non-hydrogen) atoms. The molecule has 0 saturated carbocycles. The van der Waals surface area contributed by atoms with Gasteiger partial charge in [-0.2, -0.15) is 0 Å². The minimum atomic E-state index is -0.999. The summed E-state index contributed by atoms with van der Waals surface area (Å²) >= 11 is 0. The smallest absolute Gasteiger partial charge is 0.410 e. The molecule has 0 radical (unpaired) electrons. The Morgan fingerprint density at radius 3 is 2.60 bits per heavy atom. The van der Waals surface area contributed by atoms with E-state index in [1.807, 2.05) is 32.9 Å². The fourth-order valence-electron chi connectivity index (χ4n) is 5.94. The van der Waals surface area contributed by atoms with E-state index in [4.69, 9.17) is 23.7 Å². The number of hydrogen-bond acceptors (Lipinski definition) is 9. The van der Waals surface area contributed by atoms with Crippen molar-refractivity contribution in [2.75, 3.05) is 27.1 Å². The van der Waals surface area contributed by atoms with Crippen LogP contribution in [-0.2, 0) is 36.9 Å². The second kappa shape index (κ2) is 11.6.